The van der Waals surface area contributed by atoms with Crippen molar-refractivity contribution >= 4 is 27.5 Å². The highest BCUT2D eigenvalue weighted by molar-refractivity contribution is 5.83. The van der Waals surface area contributed by atoms with Crippen LogP contribution in [0, 0.1) is 0 Å². The number of anilines is 1. The molecule has 0 fully saturated rings. The first-order valence-electron chi connectivity index (χ1n) is 10.6. The first-order valence-corrected chi connectivity index (χ1v) is 10.6. The van der Waals surface area contributed by atoms with Crippen LogP contribution in [-0.2, 0) is 19.3 Å². The van der Waals surface area contributed by atoms with Gasteiger partial charge in [0, 0.05) is 40.9 Å². The molecular weight excluding hydrogens is 366 g/mol. The van der Waals surface area contributed by atoms with Crippen molar-refractivity contribution in [3.63, 3.8) is 0 Å². The van der Waals surface area contributed by atoms with E-state index in [2.05, 4.69) is 94.3 Å². The number of para-hydroxylation sites is 2. The summed E-state index contributed by atoms with van der Waals surface area (Å²) in [5, 5.41) is 6.13. The molecule has 0 spiro atoms. The Hall–Kier alpha value is -3.59. The first-order chi connectivity index (χ1) is 14.9. The van der Waals surface area contributed by atoms with E-state index in [1.807, 2.05) is 12.3 Å². The molecular formula is C27H25N3. The molecule has 2 aromatic heterocycles. The van der Waals surface area contributed by atoms with E-state index in [-0.39, 0.29) is 0 Å². The molecule has 0 saturated heterocycles. The van der Waals surface area contributed by atoms with Crippen molar-refractivity contribution in [3.8, 4) is 0 Å². The molecule has 0 amide bonds. The Kier molecular flexibility index (Phi) is 5.17. The molecule has 5 aromatic rings. The lowest BCUT2D eigenvalue weighted by atomic mass is 10.0. The van der Waals surface area contributed by atoms with E-state index in [0.717, 1.165) is 31.3 Å². The standard InChI is InChI=1S/C27H25N3/c1-3-7-26-24(5-1)21(15-18-29-26)12-9-20-10-13-23(14-11-20)28-17-16-22-19-30-27-8-4-2-6-25(22)27/h1-8,10-11,13-15,18-19,28,30H,9,12,16-17H2. The second-order valence-electron chi connectivity index (χ2n) is 7.72. The van der Waals surface area contributed by atoms with Crippen LogP contribution in [0.25, 0.3) is 21.8 Å². The van der Waals surface area contributed by atoms with Gasteiger partial charge in [-0.15, -0.1) is 0 Å². The Morgan fingerprint density at radius 3 is 2.40 bits per heavy atom. The van der Waals surface area contributed by atoms with Gasteiger partial charge in [-0.05, 0) is 66.3 Å². The van der Waals surface area contributed by atoms with Gasteiger partial charge in [0.25, 0.3) is 0 Å². The summed E-state index contributed by atoms with van der Waals surface area (Å²) in [6.07, 6.45) is 7.09. The van der Waals surface area contributed by atoms with Gasteiger partial charge in [0.2, 0.25) is 0 Å². The van der Waals surface area contributed by atoms with Crippen molar-refractivity contribution in [1.29, 1.82) is 0 Å². The molecule has 0 atom stereocenters. The number of benzene rings is 3. The number of nitrogens with zero attached hydrogens (tertiary/aromatic N) is 1. The van der Waals surface area contributed by atoms with Crippen LogP contribution in [0.2, 0.25) is 0 Å². The molecule has 0 aliphatic carbocycles. The highest BCUT2D eigenvalue weighted by atomic mass is 14.9. The highest BCUT2D eigenvalue weighted by Gasteiger charge is 2.04. The summed E-state index contributed by atoms with van der Waals surface area (Å²) in [5.41, 5.74) is 7.54. The number of H-pyrrole nitrogens is 1. The molecule has 5 rings (SSSR count). The van der Waals surface area contributed by atoms with E-state index in [1.54, 1.807) is 0 Å². The van der Waals surface area contributed by atoms with Crippen LogP contribution < -0.4 is 5.32 Å². The fourth-order valence-electron chi connectivity index (χ4n) is 4.12. The molecule has 3 aromatic carbocycles. The quantitative estimate of drug-likeness (QED) is 0.349. The average molecular weight is 392 g/mol. The van der Waals surface area contributed by atoms with E-state index in [4.69, 9.17) is 0 Å². The van der Waals surface area contributed by atoms with E-state index >= 15 is 0 Å². The summed E-state index contributed by atoms with van der Waals surface area (Å²) < 4.78 is 0. The van der Waals surface area contributed by atoms with Gasteiger partial charge in [0.1, 0.15) is 0 Å². The van der Waals surface area contributed by atoms with Crippen molar-refractivity contribution in [2.45, 2.75) is 19.3 Å². The maximum Gasteiger partial charge on any atom is 0.0704 e. The molecule has 2 heterocycles. The Balaban J connectivity index is 1.17. The molecule has 0 radical (unpaired) electrons. The predicted octanol–water partition coefficient (Wildman–Crippen LogP) is 6.16. The summed E-state index contributed by atoms with van der Waals surface area (Å²) in [6, 6.07) is 27.8. The smallest absolute Gasteiger partial charge is 0.0704 e. The Bertz CT molecular complexity index is 1260. The van der Waals surface area contributed by atoms with Crippen molar-refractivity contribution in [1.82, 2.24) is 9.97 Å². The number of hydrogen-bond acceptors (Lipinski definition) is 2. The monoisotopic (exact) mass is 391 g/mol. The SMILES string of the molecule is c1ccc2c(CCc3ccc(NCCc4c[nH]c5ccccc45)cc3)ccnc2c1. The Morgan fingerprint density at radius 1 is 0.700 bits per heavy atom. The molecule has 0 aliphatic rings. The van der Waals surface area contributed by atoms with Crippen LogP contribution in [-0.4, -0.2) is 16.5 Å². The number of pyridine rings is 1. The minimum atomic E-state index is 0.921. The zero-order valence-corrected chi connectivity index (χ0v) is 16.9. The molecule has 0 unspecified atom stereocenters. The van der Waals surface area contributed by atoms with Gasteiger partial charge in [-0.1, -0.05) is 48.5 Å². The summed E-state index contributed by atoms with van der Waals surface area (Å²) in [4.78, 5) is 7.81. The molecule has 3 heteroatoms. The summed E-state index contributed by atoms with van der Waals surface area (Å²) in [5.74, 6) is 0. The van der Waals surface area contributed by atoms with E-state index in [9.17, 15) is 0 Å². The van der Waals surface area contributed by atoms with E-state index < -0.39 is 0 Å². The third-order valence-corrected chi connectivity index (χ3v) is 5.77. The highest BCUT2D eigenvalue weighted by Crippen LogP contribution is 2.20. The summed E-state index contributed by atoms with van der Waals surface area (Å²) >= 11 is 0. The summed E-state index contributed by atoms with van der Waals surface area (Å²) in [6.45, 7) is 0.921. The van der Waals surface area contributed by atoms with Gasteiger partial charge in [-0.25, -0.2) is 0 Å². The molecule has 0 saturated carbocycles. The van der Waals surface area contributed by atoms with Crippen LogP contribution >= 0.6 is 0 Å². The first kappa shape index (κ1) is 18.4. The van der Waals surface area contributed by atoms with Gasteiger partial charge in [0.15, 0.2) is 0 Å². The largest absolute Gasteiger partial charge is 0.385 e. The minimum absolute atomic E-state index is 0.921. The van der Waals surface area contributed by atoms with Gasteiger partial charge >= 0.3 is 0 Å². The predicted molar refractivity (Wildman–Crippen MR) is 126 cm³/mol. The second-order valence-corrected chi connectivity index (χ2v) is 7.72. The third kappa shape index (κ3) is 3.92. The minimum Gasteiger partial charge on any atom is -0.385 e. The number of nitrogens with one attached hydrogen (secondary N) is 2. The lowest BCUT2D eigenvalue weighted by Crippen LogP contribution is -2.04. The maximum absolute atomic E-state index is 4.46. The van der Waals surface area contributed by atoms with Crippen molar-refractivity contribution in [3.05, 3.63) is 108 Å². The van der Waals surface area contributed by atoms with Crippen LogP contribution in [0.15, 0.2) is 91.3 Å². The fourth-order valence-corrected chi connectivity index (χ4v) is 4.12. The van der Waals surface area contributed by atoms with Gasteiger partial charge in [-0.3, -0.25) is 4.98 Å². The third-order valence-electron chi connectivity index (χ3n) is 5.77. The van der Waals surface area contributed by atoms with Crippen LogP contribution in [0.3, 0.4) is 0 Å². The van der Waals surface area contributed by atoms with Crippen molar-refractivity contribution in [2.75, 3.05) is 11.9 Å². The number of aromatic amines is 1. The molecule has 0 aliphatic heterocycles. The lowest BCUT2D eigenvalue weighted by molar-refractivity contribution is 0.965. The molecule has 3 nitrogen and oxygen atoms in total. The topological polar surface area (TPSA) is 40.7 Å². The maximum atomic E-state index is 4.46. The number of aryl methyl sites for hydroxylation is 2. The normalized spacial score (nSPS) is 11.2. The molecule has 30 heavy (non-hydrogen) atoms. The van der Waals surface area contributed by atoms with Crippen LogP contribution in [0.5, 0.6) is 0 Å². The van der Waals surface area contributed by atoms with Crippen LogP contribution in [0.1, 0.15) is 16.7 Å². The number of fused-ring (bicyclic) bond motifs is 2. The Labute approximate surface area is 176 Å². The molecule has 2 N–H and O–H groups in total. The van der Waals surface area contributed by atoms with E-state index in [0.29, 0.717) is 0 Å². The number of hydrogen-bond donors (Lipinski definition) is 2. The fraction of sp³-hybridized carbons (Fsp3) is 0.148. The zero-order valence-electron chi connectivity index (χ0n) is 16.9. The summed E-state index contributed by atoms with van der Waals surface area (Å²) in [7, 11) is 0. The molecule has 148 valence electrons. The van der Waals surface area contributed by atoms with E-state index in [1.165, 1.54) is 38.7 Å². The van der Waals surface area contributed by atoms with Gasteiger partial charge < -0.3 is 10.3 Å². The number of rotatable bonds is 7. The van der Waals surface area contributed by atoms with Gasteiger partial charge in [0.05, 0.1) is 5.52 Å². The molecule has 0 bridgehead atoms. The zero-order chi connectivity index (χ0) is 20.2. The average Bonchev–Trinajstić information content (AvgIpc) is 3.22. The second kappa shape index (κ2) is 8.42. The van der Waals surface area contributed by atoms with Crippen molar-refractivity contribution < 1.29 is 0 Å². The number of aromatic nitrogens is 2. The van der Waals surface area contributed by atoms with Gasteiger partial charge in [-0.2, -0.15) is 0 Å². The van der Waals surface area contributed by atoms with Crippen LogP contribution in [0.4, 0.5) is 5.69 Å². The lowest BCUT2D eigenvalue weighted by Gasteiger charge is -2.09. The Morgan fingerprint density at radius 2 is 1.50 bits per heavy atom. The van der Waals surface area contributed by atoms with Crippen molar-refractivity contribution in [2.24, 2.45) is 0 Å².